The van der Waals surface area contributed by atoms with Crippen molar-refractivity contribution in [2.24, 2.45) is 0 Å². The van der Waals surface area contributed by atoms with Crippen LogP contribution in [0.25, 0.3) is 0 Å². The molecule has 0 aromatic rings. The van der Waals surface area contributed by atoms with Gasteiger partial charge in [-0.25, -0.2) is 0 Å². The molecule has 11 nitrogen and oxygen atoms in total. The van der Waals surface area contributed by atoms with Crippen molar-refractivity contribution in [3.05, 3.63) is 12.2 Å². The summed E-state index contributed by atoms with van der Waals surface area (Å²) >= 11 is 0. The highest BCUT2D eigenvalue weighted by Gasteiger charge is 2.44. The van der Waals surface area contributed by atoms with E-state index < -0.39 is 74.2 Å². The number of hydrogen-bond acceptors (Lipinski definition) is 10. The van der Waals surface area contributed by atoms with Gasteiger partial charge in [-0.15, -0.1) is 0 Å². The van der Waals surface area contributed by atoms with Crippen LogP contribution in [0, 0.1) is 0 Å². The molecule has 1 rings (SSSR count). The second-order valence-corrected chi connectivity index (χ2v) is 22.8. The van der Waals surface area contributed by atoms with E-state index >= 15 is 0 Å². The molecule has 1 saturated heterocycles. The molecule has 9 atom stereocenters. The normalized spacial score (nSPS) is 19.8. The van der Waals surface area contributed by atoms with E-state index in [0.29, 0.717) is 19.3 Å². The molecule has 1 aliphatic heterocycles. The van der Waals surface area contributed by atoms with Gasteiger partial charge in [0, 0.05) is 0 Å². The zero-order valence-electron chi connectivity index (χ0n) is 48.4. The summed E-state index contributed by atoms with van der Waals surface area (Å²) in [6.45, 7) is 3.50. The molecule has 1 fully saturated rings. The molecular weight excluding hydrogens is 931 g/mol. The maximum Gasteiger partial charge on any atom is 0.249 e. The summed E-state index contributed by atoms with van der Waals surface area (Å²) in [4.78, 5) is 13.2. The van der Waals surface area contributed by atoms with Gasteiger partial charge in [0.15, 0.2) is 6.29 Å². The molecule has 11 heteroatoms. The van der Waals surface area contributed by atoms with Gasteiger partial charge in [0.2, 0.25) is 5.91 Å². The summed E-state index contributed by atoms with van der Waals surface area (Å²) in [6.07, 6.45) is 51.3. The Balaban J connectivity index is 2.24. The Morgan fingerprint density at radius 3 is 1.14 bits per heavy atom. The molecule has 8 N–H and O–H groups in total. The minimum absolute atomic E-state index is 0.256. The summed E-state index contributed by atoms with van der Waals surface area (Å²) in [7, 11) is 0. The first kappa shape index (κ1) is 70.9. The number of allylic oxidation sites excluding steroid dienone is 2. The highest BCUT2D eigenvalue weighted by Crippen LogP contribution is 2.24. The van der Waals surface area contributed by atoms with Crippen molar-refractivity contribution in [1.82, 2.24) is 5.32 Å². The van der Waals surface area contributed by atoms with Crippen LogP contribution in [0.2, 0.25) is 0 Å². The smallest absolute Gasteiger partial charge is 0.249 e. The minimum atomic E-state index is -1.66. The Hall–Kier alpha value is -1.15. The number of amides is 1. The van der Waals surface area contributed by atoms with Gasteiger partial charge in [-0.3, -0.25) is 4.79 Å². The van der Waals surface area contributed by atoms with E-state index in [1.165, 1.54) is 225 Å². The van der Waals surface area contributed by atoms with Crippen LogP contribution in [0.3, 0.4) is 0 Å². The van der Waals surface area contributed by atoms with E-state index in [2.05, 4.69) is 31.3 Å². The number of carbonyl (C=O) groups excluding carboxylic acids is 1. The van der Waals surface area contributed by atoms with Crippen molar-refractivity contribution in [3.63, 3.8) is 0 Å². The fraction of sp³-hybridized carbons (Fsp3) is 0.952. The van der Waals surface area contributed by atoms with Crippen molar-refractivity contribution in [2.45, 2.75) is 371 Å². The Kier molecular flexibility index (Phi) is 50.3. The van der Waals surface area contributed by atoms with Crippen LogP contribution >= 0.6 is 0 Å². The third-order valence-corrected chi connectivity index (χ3v) is 15.8. The standard InChI is InChI=1S/C63H123NO10/c1-3-5-7-9-11-13-15-17-19-21-23-24-25-26-27-28-29-30-31-33-34-36-38-40-42-44-46-48-50-55(66)58(68)54(53-73-63-61(71)60(70)59(69)57(52-65)74-63)64-62(72)56(67)51-49-47-45-43-41-39-37-35-32-22-20-18-16-14-12-10-8-6-4-2/h32,35,54-61,63,65-71H,3-31,33-34,36-53H2,1-2H3,(H,64,72)/b35-32-. The van der Waals surface area contributed by atoms with E-state index in [4.69, 9.17) is 9.47 Å². The number of nitrogens with one attached hydrogen (secondary N) is 1. The molecule has 1 aliphatic rings. The van der Waals surface area contributed by atoms with E-state index in [1.54, 1.807) is 0 Å². The molecule has 0 aromatic carbocycles. The lowest BCUT2D eigenvalue weighted by Gasteiger charge is -2.40. The largest absolute Gasteiger partial charge is 0.394 e. The van der Waals surface area contributed by atoms with Gasteiger partial charge < -0.3 is 50.5 Å². The molecule has 0 aliphatic carbocycles. The maximum absolute atomic E-state index is 13.2. The van der Waals surface area contributed by atoms with Crippen LogP contribution in [-0.2, 0) is 14.3 Å². The third-order valence-electron chi connectivity index (χ3n) is 15.8. The first-order valence-corrected chi connectivity index (χ1v) is 32.1. The first-order valence-electron chi connectivity index (χ1n) is 32.1. The predicted molar refractivity (Wildman–Crippen MR) is 307 cm³/mol. The Labute approximate surface area is 455 Å². The van der Waals surface area contributed by atoms with E-state index in [1.807, 2.05) is 0 Å². The zero-order chi connectivity index (χ0) is 54.0. The Bertz CT molecular complexity index is 1210. The zero-order valence-corrected chi connectivity index (χ0v) is 48.4. The molecule has 1 heterocycles. The van der Waals surface area contributed by atoms with Crippen LogP contribution in [0.5, 0.6) is 0 Å². The molecule has 0 radical (unpaired) electrons. The fourth-order valence-corrected chi connectivity index (χ4v) is 10.6. The lowest BCUT2D eigenvalue weighted by Crippen LogP contribution is -2.60. The van der Waals surface area contributed by atoms with Crippen LogP contribution in [0.1, 0.15) is 316 Å². The van der Waals surface area contributed by atoms with Gasteiger partial charge in [-0.05, 0) is 38.5 Å². The molecular formula is C63H123NO10. The van der Waals surface area contributed by atoms with Crippen LogP contribution in [-0.4, -0.2) is 110 Å². The Morgan fingerprint density at radius 1 is 0.459 bits per heavy atom. The molecule has 1 amide bonds. The highest BCUT2D eigenvalue weighted by atomic mass is 16.7. The number of aliphatic hydroxyl groups is 7. The average molecular weight is 1050 g/mol. The van der Waals surface area contributed by atoms with Gasteiger partial charge in [0.1, 0.15) is 36.6 Å². The second-order valence-electron chi connectivity index (χ2n) is 22.8. The summed E-state index contributed by atoms with van der Waals surface area (Å²) in [5.74, 6) is -0.696. The SMILES string of the molecule is CCCCCCCCCCC/C=C\CCCCCCCCC(O)C(=O)NC(COC1OC(CO)C(O)C(O)C1O)C(O)C(O)CCCCCCCCCCCCCCCCCCCCCCCCCCCCCC. The highest BCUT2D eigenvalue weighted by molar-refractivity contribution is 5.80. The predicted octanol–water partition coefficient (Wildman–Crippen LogP) is 14.3. The summed E-state index contributed by atoms with van der Waals surface area (Å²) in [5, 5.41) is 76.3. The average Bonchev–Trinajstić information content (AvgIpc) is 3.40. The second kappa shape index (κ2) is 52.5. The molecule has 9 unspecified atom stereocenters. The minimum Gasteiger partial charge on any atom is -0.394 e. The van der Waals surface area contributed by atoms with E-state index in [0.717, 1.165) is 51.4 Å². The molecule has 0 aromatic heterocycles. The molecule has 0 bridgehead atoms. The number of carbonyl (C=O) groups is 1. The number of rotatable bonds is 56. The lowest BCUT2D eigenvalue weighted by atomic mass is 9.98. The molecule has 440 valence electrons. The maximum atomic E-state index is 13.2. The van der Waals surface area contributed by atoms with E-state index in [-0.39, 0.29) is 6.42 Å². The van der Waals surface area contributed by atoms with Gasteiger partial charge >= 0.3 is 0 Å². The number of unbranched alkanes of at least 4 members (excludes halogenated alkanes) is 42. The van der Waals surface area contributed by atoms with Crippen molar-refractivity contribution in [1.29, 1.82) is 0 Å². The van der Waals surface area contributed by atoms with Gasteiger partial charge in [0.25, 0.3) is 0 Å². The first-order chi connectivity index (χ1) is 36.2. The van der Waals surface area contributed by atoms with Crippen molar-refractivity contribution >= 4 is 5.91 Å². The number of hydrogen-bond donors (Lipinski definition) is 8. The van der Waals surface area contributed by atoms with E-state index in [9.17, 15) is 40.5 Å². The van der Waals surface area contributed by atoms with Crippen molar-refractivity contribution in [2.75, 3.05) is 13.2 Å². The molecule has 0 saturated carbocycles. The molecule has 0 spiro atoms. The number of ether oxygens (including phenoxy) is 2. The fourth-order valence-electron chi connectivity index (χ4n) is 10.6. The monoisotopic (exact) mass is 1050 g/mol. The van der Waals surface area contributed by atoms with Crippen LogP contribution in [0.4, 0.5) is 0 Å². The third kappa shape index (κ3) is 40.1. The van der Waals surface area contributed by atoms with Gasteiger partial charge in [-0.1, -0.05) is 289 Å². The summed E-state index contributed by atoms with van der Waals surface area (Å²) in [5.41, 5.74) is 0. The topological polar surface area (TPSA) is 189 Å². The van der Waals surface area contributed by atoms with Crippen LogP contribution in [0.15, 0.2) is 12.2 Å². The summed E-state index contributed by atoms with van der Waals surface area (Å²) in [6, 6.07) is -1.17. The van der Waals surface area contributed by atoms with Gasteiger partial charge in [0.05, 0.1) is 25.4 Å². The quantitative estimate of drug-likeness (QED) is 0.0215. The number of aliphatic hydroxyl groups excluding tert-OH is 7. The Morgan fingerprint density at radius 2 is 0.784 bits per heavy atom. The van der Waals surface area contributed by atoms with Gasteiger partial charge in [-0.2, -0.15) is 0 Å². The molecule has 74 heavy (non-hydrogen) atoms. The van der Waals surface area contributed by atoms with Crippen molar-refractivity contribution < 1.29 is 50.0 Å². The van der Waals surface area contributed by atoms with Crippen LogP contribution < -0.4 is 5.32 Å². The summed E-state index contributed by atoms with van der Waals surface area (Å²) < 4.78 is 11.2. The lowest BCUT2D eigenvalue weighted by molar-refractivity contribution is -0.303. The van der Waals surface area contributed by atoms with Crippen molar-refractivity contribution in [3.8, 4) is 0 Å².